The molecule has 64 heavy (non-hydrogen) atoms. The van der Waals surface area contributed by atoms with Crippen molar-refractivity contribution in [2.45, 2.75) is 41.5 Å². The van der Waals surface area contributed by atoms with Gasteiger partial charge in [-0.25, -0.2) is 0 Å². The van der Waals surface area contributed by atoms with Crippen LogP contribution in [0.25, 0.3) is 54.4 Å². The Morgan fingerprint density at radius 1 is 0.344 bits per heavy atom. The van der Waals surface area contributed by atoms with Crippen LogP contribution < -0.4 is 0 Å². The van der Waals surface area contributed by atoms with E-state index in [9.17, 15) is 0 Å². The Kier molecular flexibility index (Phi) is 15.4. The molecule has 0 aliphatic heterocycles. The molecule has 0 radical (unpaired) electrons. The van der Waals surface area contributed by atoms with Crippen LogP contribution in [0.4, 0.5) is 0 Å². The number of rotatable bonds is 0. The van der Waals surface area contributed by atoms with Crippen LogP contribution in [0.15, 0.2) is 237 Å². The number of fused-ring (bicyclic) bond motifs is 7. The lowest BCUT2D eigenvalue weighted by Gasteiger charge is -2.21. The summed E-state index contributed by atoms with van der Waals surface area (Å²) in [4.78, 5) is 3.15. The number of aromatic amines is 1. The van der Waals surface area contributed by atoms with Gasteiger partial charge in [0.25, 0.3) is 0 Å². The number of aryl methyl sites for hydroxylation is 5. The molecule has 0 amide bonds. The third kappa shape index (κ3) is 12.3. The maximum absolute atomic E-state index is 3.15. The van der Waals surface area contributed by atoms with Crippen LogP contribution in [0, 0.1) is 40.5 Å². The van der Waals surface area contributed by atoms with Gasteiger partial charge in [-0.05, 0) is 132 Å². The first-order valence-corrected chi connectivity index (χ1v) is 22.3. The molecule has 9 aromatic carbocycles. The molecule has 0 saturated carbocycles. The van der Waals surface area contributed by atoms with E-state index in [2.05, 4.69) is 241 Å². The van der Waals surface area contributed by atoms with Gasteiger partial charge < -0.3 is 4.98 Å². The van der Waals surface area contributed by atoms with E-state index in [0.717, 1.165) is 0 Å². The standard InChI is InChI=1S/C15H12.C14H12.C11H10.C9H9N.2C7H8/c1-11-6-7-14-9-12-4-2-3-5-13(12)10-15(14)8-11;1-10-9-11-5-4-8-13(11)14-7-3-2-6-12(10)14;1-9-6-7-10-4-2-3-5-11(10)8-9;1-7-2-3-9-8(6-7)4-5-10-9;2*1-7-5-3-2-4-6-7/h2-10H,1H3;2-9,11H,1H3;2-8H,1H3;2-6,10H,1H3;2*2-6H,1H3. The summed E-state index contributed by atoms with van der Waals surface area (Å²) in [6.07, 6.45) is 11.0. The van der Waals surface area contributed by atoms with Crippen molar-refractivity contribution in [2.24, 2.45) is 5.92 Å². The predicted molar refractivity (Wildman–Crippen MR) is 281 cm³/mol. The maximum Gasteiger partial charge on any atom is 0.0454 e. The first-order valence-electron chi connectivity index (χ1n) is 22.3. The van der Waals surface area contributed by atoms with E-state index < -0.39 is 0 Å². The molecule has 2 aliphatic rings. The summed E-state index contributed by atoms with van der Waals surface area (Å²) in [7, 11) is 0. The molecule has 1 unspecified atom stereocenters. The summed E-state index contributed by atoms with van der Waals surface area (Å²) in [5, 5.41) is 9.21. The Hall–Kier alpha value is -7.48. The van der Waals surface area contributed by atoms with E-state index in [1.54, 1.807) is 0 Å². The van der Waals surface area contributed by atoms with Gasteiger partial charge in [-0.2, -0.15) is 0 Å². The zero-order valence-electron chi connectivity index (χ0n) is 38.1. The van der Waals surface area contributed by atoms with Crippen molar-refractivity contribution in [1.82, 2.24) is 4.98 Å². The minimum Gasteiger partial charge on any atom is -0.361 e. The number of hydrogen-bond acceptors (Lipinski definition) is 0. The molecular weight excluding hydrogens is 771 g/mol. The SMILES string of the molecule is CC1=CC2C=CC=C2c2ccccc21.Cc1ccc2[nH]ccc2c1.Cc1ccc2cc3ccccc3cc2c1.Cc1ccc2ccccc2c1.Cc1ccccc1.Cc1ccccc1. The predicted octanol–water partition coefficient (Wildman–Crippen LogP) is 17.6. The molecular formula is C63H59N. The number of nitrogens with one attached hydrogen (secondary N) is 1. The summed E-state index contributed by atoms with van der Waals surface area (Å²) < 4.78 is 0. The second-order valence-electron chi connectivity index (χ2n) is 16.7. The quantitative estimate of drug-likeness (QED) is 0.147. The van der Waals surface area contributed by atoms with Crippen molar-refractivity contribution in [3.63, 3.8) is 0 Å². The van der Waals surface area contributed by atoms with Crippen LogP contribution in [-0.4, -0.2) is 4.98 Å². The van der Waals surface area contributed by atoms with Gasteiger partial charge in [-0.15, -0.1) is 0 Å². The molecule has 1 nitrogen and oxygen atoms in total. The molecule has 12 rings (SSSR count). The van der Waals surface area contributed by atoms with Crippen LogP contribution in [-0.2, 0) is 0 Å². The number of aromatic nitrogens is 1. The number of hydrogen-bond donors (Lipinski definition) is 1. The van der Waals surface area contributed by atoms with Gasteiger partial charge in [0.2, 0.25) is 0 Å². The Bertz CT molecular complexity index is 3120. The molecule has 1 N–H and O–H groups in total. The maximum atomic E-state index is 3.15. The molecule has 0 saturated heterocycles. The van der Waals surface area contributed by atoms with Gasteiger partial charge >= 0.3 is 0 Å². The second-order valence-corrected chi connectivity index (χ2v) is 16.7. The fourth-order valence-corrected chi connectivity index (χ4v) is 7.96. The van der Waals surface area contributed by atoms with Crippen LogP contribution in [0.1, 0.15) is 45.9 Å². The molecule has 0 spiro atoms. The zero-order valence-corrected chi connectivity index (χ0v) is 38.1. The normalized spacial score (nSPS) is 12.8. The minimum atomic E-state index is 0.518. The number of allylic oxidation sites excluding steroid dienone is 6. The summed E-state index contributed by atoms with van der Waals surface area (Å²) in [6, 6.07) is 72.2. The Balaban J connectivity index is 0.000000117. The van der Waals surface area contributed by atoms with Crippen LogP contribution in [0.3, 0.4) is 0 Å². The van der Waals surface area contributed by atoms with Crippen molar-refractivity contribution in [3.05, 3.63) is 276 Å². The van der Waals surface area contributed by atoms with Gasteiger partial charge in [0.15, 0.2) is 0 Å². The third-order valence-corrected chi connectivity index (χ3v) is 11.4. The second kappa shape index (κ2) is 22.0. The molecule has 1 heteroatoms. The lowest BCUT2D eigenvalue weighted by Crippen LogP contribution is -2.03. The molecule has 2 aliphatic carbocycles. The Morgan fingerprint density at radius 2 is 0.797 bits per heavy atom. The summed E-state index contributed by atoms with van der Waals surface area (Å²) in [5.74, 6) is 0.518. The Labute approximate surface area is 380 Å². The van der Waals surface area contributed by atoms with E-state index in [-0.39, 0.29) is 0 Å². The molecule has 316 valence electrons. The molecule has 1 aromatic heterocycles. The highest BCUT2D eigenvalue weighted by molar-refractivity contribution is 5.98. The van der Waals surface area contributed by atoms with Gasteiger partial charge in [-0.1, -0.05) is 228 Å². The lowest BCUT2D eigenvalue weighted by atomic mass is 9.83. The average Bonchev–Trinajstić information content (AvgIpc) is 4.00. The molecule has 1 atom stereocenters. The minimum absolute atomic E-state index is 0.518. The molecule has 10 aromatic rings. The molecule has 1 heterocycles. The van der Waals surface area contributed by atoms with Gasteiger partial charge in [0.1, 0.15) is 0 Å². The van der Waals surface area contributed by atoms with E-state index in [1.165, 1.54) is 93.3 Å². The number of benzene rings is 9. The van der Waals surface area contributed by atoms with Crippen molar-refractivity contribution in [2.75, 3.05) is 0 Å². The average molecular weight is 830 g/mol. The summed E-state index contributed by atoms with van der Waals surface area (Å²) in [6.45, 7) is 12.7. The third-order valence-electron chi connectivity index (χ3n) is 11.4. The van der Waals surface area contributed by atoms with Crippen LogP contribution in [0.2, 0.25) is 0 Å². The van der Waals surface area contributed by atoms with Crippen molar-refractivity contribution in [1.29, 1.82) is 0 Å². The van der Waals surface area contributed by atoms with E-state index in [1.807, 2.05) is 42.6 Å². The molecule has 0 fully saturated rings. The first-order chi connectivity index (χ1) is 31.2. The zero-order chi connectivity index (χ0) is 44.7. The fraction of sp³-hybridized carbons (Fsp3) is 0.111. The summed E-state index contributed by atoms with van der Waals surface area (Å²) in [5.41, 5.74) is 13.4. The van der Waals surface area contributed by atoms with Crippen LogP contribution >= 0.6 is 0 Å². The van der Waals surface area contributed by atoms with Gasteiger partial charge in [0, 0.05) is 17.6 Å². The monoisotopic (exact) mass is 829 g/mol. The Morgan fingerprint density at radius 3 is 1.39 bits per heavy atom. The van der Waals surface area contributed by atoms with Crippen molar-refractivity contribution < 1.29 is 0 Å². The highest BCUT2D eigenvalue weighted by atomic mass is 14.7. The van der Waals surface area contributed by atoms with E-state index >= 15 is 0 Å². The van der Waals surface area contributed by atoms with Gasteiger partial charge in [-0.3, -0.25) is 0 Å². The summed E-state index contributed by atoms with van der Waals surface area (Å²) >= 11 is 0. The van der Waals surface area contributed by atoms with E-state index in [4.69, 9.17) is 0 Å². The first kappa shape index (κ1) is 44.6. The fourth-order valence-electron chi connectivity index (χ4n) is 7.96. The molecule has 0 bridgehead atoms. The van der Waals surface area contributed by atoms with Crippen LogP contribution in [0.5, 0.6) is 0 Å². The highest BCUT2D eigenvalue weighted by Gasteiger charge is 2.21. The highest BCUT2D eigenvalue weighted by Crippen LogP contribution is 2.40. The van der Waals surface area contributed by atoms with Crippen molar-refractivity contribution in [3.8, 4) is 0 Å². The van der Waals surface area contributed by atoms with E-state index in [0.29, 0.717) is 5.92 Å². The smallest absolute Gasteiger partial charge is 0.0454 e. The van der Waals surface area contributed by atoms with Crippen molar-refractivity contribution >= 4 is 54.4 Å². The lowest BCUT2D eigenvalue weighted by molar-refractivity contribution is 1.09. The number of H-pyrrole nitrogens is 1. The largest absolute Gasteiger partial charge is 0.361 e. The topological polar surface area (TPSA) is 15.8 Å². The van der Waals surface area contributed by atoms with Gasteiger partial charge in [0.05, 0.1) is 0 Å².